The van der Waals surface area contributed by atoms with Crippen molar-refractivity contribution in [3.05, 3.63) is 65.7 Å². The van der Waals surface area contributed by atoms with Crippen LogP contribution in [0.2, 0.25) is 0 Å². The van der Waals surface area contributed by atoms with Crippen LogP contribution in [0.15, 0.2) is 54.6 Å². The highest BCUT2D eigenvalue weighted by atomic mass is 16.5. The largest absolute Gasteiger partial charge is 0.489 e. The number of ether oxygens (including phenoxy) is 2. The van der Waals surface area contributed by atoms with Gasteiger partial charge in [0.2, 0.25) is 5.91 Å². The summed E-state index contributed by atoms with van der Waals surface area (Å²) in [4.78, 5) is 12.0. The van der Waals surface area contributed by atoms with Gasteiger partial charge in [0.15, 0.2) is 0 Å². The van der Waals surface area contributed by atoms with Crippen molar-refractivity contribution in [1.82, 2.24) is 5.32 Å². The molecule has 1 aliphatic heterocycles. The maximum atomic E-state index is 12.0. The highest BCUT2D eigenvalue weighted by molar-refractivity contribution is 5.80. The molecule has 0 radical (unpaired) electrons. The van der Waals surface area contributed by atoms with E-state index in [4.69, 9.17) is 9.47 Å². The molecule has 2 aromatic rings. The van der Waals surface area contributed by atoms with Crippen LogP contribution < -0.4 is 10.1 Å². The Morgan fingerprint density at radius 3 is 2.74 bits per heavy atom. The minimum Gasteiger partial charge on any atom is -0.489 e. The lowest BCUT2D eigenvalue weighted by molar-refractivity contribution is -0.130. The molecule has 1 fully saturated rings. The first-order chi connectivity index (χ1) is 11.3. The highest BCUT2D eigenvalue weighted by Crippen LogP contribution is 2.14. The third-order valence-corrected chi connectivity index (χ3v) is 3.83. The number of hydrogen-bond acceptors (Lipinski definition) is 3. The molecule has 0 saturated carbocycles. The number of hydrogen-bond donors (Lipinski definition) is 1. The van der Waals surface area contributed by atoms with Crippen LogP contribution in [0.3, 0.4) is 0 Å². The molecule has 1 atom stereocenters. The van der Waals surface area contributed by atoms with Crippen molar-refractivity contribution >= 4 is 5.91 Å². The van der Waals surface area contributed by atoms with E-state index in [0.717, 1.165) is 29.7 Å². The van der Waals surface area contributed by atoms with Gasteiger partial charge >= 0.3 is 0 Å². The number of carbonyl (C=O) groups is 1. The molecule has 0 spiro atoms. The average Bonchev–Trinajstić information content (AvgIpc) is 3.14. The van der Waals surface area contributed by atoms with E-state index < -0.39 is 0 Å². The molecule has 0 aromatic heterocycles. The molecule has 4 nitrogen and oxygen atoms in total. The van der Waals surface area contributed by atoms with E-state index in [1.54, 1.807) is 0 Å². The molecule has 4 heteroatoms. The Hall–Kier alpha value is -2.33. The van der Waals surface area contributed by atoms with Gasteiger partial charge in [-0.25, -0.2) is 0 Å². The van der Waals surface area contributed by atoms with E-state index in [2.05, 4.69) is 11.4 Å². The first-order valence-corrected chi connectivity index (χ1v) is 7.96. The lowest BCUT2D eigenvalue weighted by Gasteiger charge is -2.11. The predicted molar refractivity (Wildman–Crippen MR) is 88.0 cm³/mol. The fourth-order valence-corrected chi connectivity index (χ4v) is 2.60. The molecule has 120 valence electrons. The van der Waals surface area contributed by atoms with Crippen LogP contribution in [-0.2, 0) is 22.7 Å². The van der Waals surface area contributed by atoms with Crippen LogP contribution in [0.4, 0.5) is 0 Å². The third kappa shape index (κ3) is 4.57. The summed E-state index contributed by atoms with van der Waals surface area (Å²) in [5.41, 5.74) is 2.14. The summed E-state index contributed by atoms with van der Waals surface area (Å²) in [5.74, 6) is 0.832. The first-order valence-electron chi connectivity index (χ1n) is 7.96. The maximum Gasteiger partial charge on any atom is 0.249 e. The van der Waals surface area contributed by atoms with E-state index >= 15 is 0 Å². The van der Waals surface area contributed by atoms with Crippen LogP contribution in [0, 0.1) is 0 Å². The summed E-state index contributed by atoms with van der Waals surface area (Å²) in [5, 5.41) is 2.94. The number of amides is 1. The second-order valence-corrected chi connectivity index (χ2v) is 5.64. The summed E-state index contributed by atoms with van der Waals surface area (Å²) < 4.78 is 11.1. The zero-order valence-electron chi connectivity index (χ0n) is 13.0. The fourth-order valence-electron chi connectivity index (χ4n) is 2.60. The number of rotatable bonds is 6. The van der Waals surface area contributed by atoms with Crippen LogP contribution in [0.25, 0.3) is 0 Å². The minimum atomic E-state index is -0.278. The van der Waals surface area contributed by atoms with Gasteiger partial charge in [0.25, 0.3) is 0 Å². The lowest BCUT2D eigenvalue weighted by Crippen LogP contribution is -2.33. The molecule has 1 amide bonds. The van der Waals surface area contributed by atoms with Crippen molar-refractivity contribution in [3.63, 3.8) is 0 Å². The van der Waals surface area contributed by atoms with Gasteiger partial charge in [-0.1, -0.05) is 42.5 Å². The molecule has 23 heavy (non-hydrogen) atoms. The van der Waals surface area contributed by atoms with E-state index in [1.165, 1.54) is 0 Å². The van der Waals surface area contributed by atoms with E-state index in [1.807, 2.05) is 48.5 Å². The fraction of sp³-hybridized carbons (Fsp3) is 0.316. The predicted octanol–water partition coefficient (Wildman–Crippen LogP) is 3.06. The Morgan fingerprint density at radius 1 is 1.13 bits per heavy atom. The second-order valence-electron chi connectivity index (χ2n) is 5.64. The van der Waals surface area contributed by atoms with Gasteiger partial charge in [0.1, 0.15) is 18.5 Å². The van der Waals surface area contributed by atoms with Gasteiger partial charge in [-0.05, 0) is 36.1 Å². The molecule has 3 rings (SSSR count). The van der Waals surface area contributed by atoms with Crippen molar-refractivity contribution in [2.45, 2.75) is 32.1 Å². The monoisotopic (exact) mass is 311 g/mol. The number of para-hydroxylation sites is 1. The van der Waals surface area contributed by atoms with Gasteiger partial charge < -0.3 is 14.8 Å². The standard InChI is InChI=1S/C19H21NO3/c21-19(18-10-5-11-22-18)20-13-15-6-4-7-16(12-15)14-23-17-8-2-1-3-9-17/h1-4,6-9,12,18H,5,10-11,13-14H2,(H,20,21)/t18-/m1/s1. The third-order valence-electron chi connectivity index (χ3n) is 3.83. The Labute approximate surface area is 136 Å². The SMILES string of the molecule is O=C(NCc1cccc(COc2ccccc2)c1)[C@H]1CCCO1. The molecule has 1 heterocycles. The normalized spacial score (nSPS) is 17.0. The van der Waals surface area contributed by atoms with E-state index in [0.29, 0.717) is 19.8 Å². The van der Waals surface area contributed by atoms with Gasteiger partial charge in [-0.15, -0.1) is 0 Å². The smallest absolute Gasteiger partial charge is 0.249 e. The molecule has 0 unspecified atom stereocenters. The molecular weight excluding hydrogens is 290 g/mol. The molecule has 1 N–H and O–H groups in total. The van der Waals surface area contributed by atoms with Crippen molar-refractivity contribution in [3.8, 4) is 5.75 Å². The molecule has 2 aromatic carbocycles. The van der Waals surface area contributed by atoms with Crippen molar-refractivity contribution in [2.75, 3.05) is 6.61 Å². The summed E-state index contributed by atoms with van der Waals surface area (Å²) in [6.07, 6.45) is 1.50. The second kappa shape index (κ2) is 7.79. The average molecular weight is 311 g/mol. The Morgan fingerprint density at radius 2 is 1.96 bits per heavy atom. The highest BCUT2D eigenvalue weighted by Gasteiger charge is 2.22. The van der Waals surface area contributed by atoms with Crippen molar-refractivity contribution < 1.29 is 14.3 Å². The molecule has 1 saturated heterocycles. The van der Waals surface area contributed by atoms with Crippen LogP contribution in [-0.4, -0.2) is 18.6 Å². The quantitative estimate of drug-likeness (QED) is 0.892. The number of carbonyl (C=O) groups excluding carboxylic acids is 1. The van der Waals surface area contributed by atoms with Gasteiger partial charge in [-0.2, -0.15) is 0 Å². The van der Waals surface area contributed by atoms with Crippen molar-refractivity contribution in [2.24, 2.45) is 0 Å². The summed E-state index contributed by atoms with van der Waals surface area (Å²) >= 11 is 0. The Bertz CT molecular complexity index is 636. The molecular formula is C19H21NO3. The molecule has 1 aliphatic rings. The van der Waals surface area contributed by atoms with Crippen LogP contribution in [0.5, 0.6) is 5.75 Å². The van der Waals surface area contributed by atoms with Crippen molar-refractivity contribution in [1.29, 1.82) is 0 Å². The zero-order valence-corrected chi connectivity index (χ0v) is 13.0. The summed E-state index contributed by atoms with van der Waals surface area (Å²) in [6.45, 7) is 1.71. The summed E-state index contributed by atoms with van der Waals surface area (Å²) in [6, 6.07) is 17.8. The van der Waals surface area contributed by atoms with E-state index in [9.17, 15) is 4.79 Å². The Kier molecular flexibility index (Phi) is 5.27. The molecule has 0 bridgehead atoms. The topological polar surface area (TPSA) is 47.6 Å². The van der Waals surface area contributed by atoms with Crippen LogP contribution in [0.1, 0.15) is 24.0 Å². The minimum absolute atomic E-state index is 0.0200. The zero-order chi connectivity index (χ0) is 15.9. The molecule has 0 aliphatic carbocycles. The summed E-state index contributed by atoms with van der Waals surface area (Å²) in [7, 11) is 0. The van der Waals surface area contributed by atoms with Gasteiger partial charge in [-0.3, -0.25) is 4.79 Å². The first kappa shape index (κ1) is 15.6. The van der Waals surface area contributed by atoms with Crippen LogP contribution >= 0.6 is 0 Å². The van der Waals surface area contributed by atoms with Gasteiger partial charge in [0.05, 0.1) is 0 Å². The van der Waals surface area contributed by atoms with Gasteiger partial charge in [0, 0.05) is 13.2 Å². The number of nitrogens with one attached hydrogen (secondary N) is 1. The maximum absolute atomic E-state index is 12.0. The van der Waals surface area contributed by atoms with E-state index in [-0.39, 0.29) is 12.0 Å². The Balaban J connectivity index is 1.51. The lowest BCUT2D eigenvalue weighted by atomic mass is 10.1. The number of benzene rings is 2.